The van der Waals surface area contributed by atoms with Gasteiger partial charge in [0.25, 0.3) is 0 Å². The van der Waals surface area contributed by atoms with Gasteiger partial charge in [0.2, 0.25) is 6.79 Å². The van der Waals surface area contributed by atoms with Crippen molar-refractivity contribution < 1.29 is 38.4 Å². The molecule has 0 bridgehead atoms. The Morgan fingerprint density at radius 2 is 1.81 bits per heavy atom. The third-order valence-corrected chi connectivity index (χ3v) is 4.96. The number of ether oxygens (including phenoxy) is 4. The number of hydrogen-bond acceptors (Lipinski definition) is 8. The zero-order chi connectivity index (χ0) is 19.1. The van der Waals surface area contributed by atoms with Crippen LogP contribution in [-0.4, -0.2) is 49.4 Å². The second-order valence-electron chi connectivity index (χ2n) is 6.64. The van der Waals surface area contributed by atoms with Crippen LogP contribution in [0.3, 0.4) is 0 Å². The summed E-state index contributed by atoms with van der Waals surface area (Å²) in [6.45, 7) is 1.45. The van der Waals surface area contributed by atoms with Gasteiger partial charge in [0.15, 0.2) is 17.3 Å². The third-order valence-electron chi connectivity index (χ3n) is 4.96. The average molecular weight is 364 g/mol. The summed E-state index contributed by atoms with van der Waals surface area (Å²) in [6.07, 6.45) is -0.354. The molecule has 1 aromatic rings. The van der Waals surface area contributed by atoms with Gasteiger partial charge in [0.05, 0.1) is 25.7 Å². The lowest BCUT2D eigenvalue weighted by Crippen LogP contribution is -2.55. The highest BCUT2D eigenvalue weighted by molar-refractivity contribution is 6.02. The van der Waals surface area contributed by atoms with Crippen molar-refractivity contribution in [2.75, 3.05) is 21.0 Å². The molecule has 1 saturated carbocycles. The molecule has 1 N–H and O–H groups in total. The maximum absolute atomic E-state index is 12.6. The number of carbonyl (C=O) groups is 3. The number of fused-ring (bicyclic) bond motifs is 1. The maximum Gasteiger partial charge on any atom is 0.316 e. The number of hydrogen-bond donors (Lipinski definition) is 1. The largest absolute Gasteiger partial charge is 0.469 e. The van der Waals surface area contributed by atoms with Gasteiger partial charge in [-0.15, -0.1) is 0 Å². The second-order valence-corrected chi connectivity index (χ2v) is 6.64. The summed E-state index contributed by atoms with van der Waals surface area (Å²) >= 11 is 0. The molecule has 0 saturated heterocycles. The molecule has 4 atom stereocenters. The van der Waals surface area contributed by atoms with Crippen LogP contribution in [0.2, 0.25) is 0 Å². The summed E-state index contributed by atoms with van der Waals surface area (Å²) in [5.74, 6) is -4.33. The van der Waals surface area contributed by atoms with Gasteiger partial charge in [0.1, 0.15) is 5.92 Å². The summed E-state index contributed by atoms with van der Waals surface area (Å²) in [5, 5.41) is 10.8. The summed E-state index contributed by atoms with van der Waals surface area (Å²) in [4.78, 5) is 37.4. The summed E-state index contributed by atoms with van der Waals surface area (Å²) in [5.41, 5.74) is -1.19. The number of ketones is 1. The molecule has 1 aliphatic carbocycles. The predicted molar refractivity (Wildman–Crippen MR) is 86.6 cm³/mol. The molecule has 0 unspecified atom stereocenters. The number of Topliss-reactive ketones (excluding diaryl/α,β-unsaturated/α-hetero) is 1. The van der Waals surface area contributed by atoms with Gasteiger partial charge in [-0.3, -0.25) is 14.4 Å². The fraction of sp³-hybridized carbons (Fsp3) is 0.500. The SMILES string of the molecule is COC(=O)[C@@H]1C(=O)C[C@](C)(O)[C@@H](C(=O)OC)[C@H]1c1ccc2c(c1)OCO2. The van der Waals surface area contributed by atoms with Crippen molar-refractivity contribution in [3.05, 3.63) is 23.8 Å². The van der Waals surface area contributed by atoms with Crippen molar-refractivity contribution in [2.24, 2.45) is 11.8 Å². The Balaban J connectivity index is 2.15. The first-order valence-electron chi connectivity index (χ1n) is 8.10. The highest BCUT2D eigenvalue weighted by Crippen LogP contribution is 2.48. The number of benzene rings is 1. The molecule has 1 aliphatic heterocycles. The topological polar surface area (TPSA) is 108 Å². The van der Waals surface area contributed by atoms with Crippen molar-refractivity contribution >= 4 is 17.7 Å². The molecule has 1 aromatic carbocycles. The highest BCUT2D eigenvalue weighted by atomic mass is 16.7. The second kappa shape index (κ2) is 6.60. The standard InChI is InChI=1S/C18H20O8/c1-18(22)7-10(19)14(16(20)23-2)13(15(18)17(21)24-3)9-4-5-11-12(6-9)26-8-25-11/h4-6,13-15,22H,7-8H2,1-3H3/t13-,14+,15+,18-/m0/s1. The van der Waals surface area contributed by atoms with E-state index in [1.54, 1.807) is 18.2 Å². The van der Waals surface area contributed by atoms with Crippen LogP contribution in [0.25, 0.3) is 0 Å². The first kappa shape index (κ1) is 18.2. The van der Waals surface area contributed by atoms with E-state index in [9.17, 15) is 19.5 Å². The zero-order valence-corrected chi connectivity index (χ0v) is 14.7. The lowest BCUT2D eigenvalue weighted by molar-refractivity contribution is -0.170. The van der Waals surface area contributed by atoms with Crippen molar-refractivity contribution in [3.8, 4) is 11.5 Å². The highest BCUT2D eigenvalue weighted by Gasteiger charge is 2.57. The number of methoxy groups -OCH3 is 2. The third kappa shape index (κ3) is 2.90. The predicted octanol–water partition coefficient (Wildman–Crippen LogP) is 0.801. The van der Waals surface area contributed by atoms with Gasteiger partial charge in [-0.2, -0.15) is 0 Å². The molecule has 26 heavy (non-hydrogen) atoms. The van der Waals surface area contributed by atoms with Crippen LogP contribution >= 0.6 is 0 Å². The Labute approximate surface area is 150 Å². The molecule has 0 spiro atoms. The van der Waals surface area contributed by atoms with E-state index in [-0.39, 0.29) is 13.2 Å². The normalized spacial score (nSPS) is 30.0. The summed E-state index contributed by atoms with van der Waals surface area (Å²) in [6, 6.07) is 4.88. The van der Waals surface area contributed by atoms with Gasteiger partial charge in [-0.25, -0.2) is 0 Å². The van der Waals surface area contributed by atoms with Crippen molar-refractivity contribution in [1.82, 2.24) is 0 Å². The van der Waals surface area contributed by atoms with E-state index in [1.807, 2.05) is 0 Å². The van der Waals surface area contributed by atoms with E-state index >= 15 is 0 Å². The molecule has 8 nitrogen and oxygen atoms in total. The van der Waals surface area contributed by atoms with E-state index in [1.165, 1.54) is 21.1 Å². The Hall–Kier alpha value is -2.61. The molecule has 1 fully saturated rings. The van der Waals surface area contributed by atoms with Gasteiger partial charge in [0, 0.05) is 12.3 Å². The van der Waals surface area contributed by atoms with Crippen LogP contribution in [0.15, 0.2) is 18.2 Å². The van der Waals surface area contributed by atoms with Crippen molar-refractivity contribution in [3.63, 3.8) is 0 Å². The Morgan fingerprint density at radius 1 is 1.15 bits per heavy atom. The van der Waals surface area contributed by atoms with Crippen molar-refractivity contribution in [1.29, 1.82) is 0 Å². The Bertz CT molecular complexity index is 754. The Morgan fingerprint density at radius 3 is 2.46 bits per heavy atom. The van der Waals surface area contributed by atoms with Crippen LogP contribution in [0.4, 0.5) is 0 Å². The molecule has 140 valence electrons. The van der Waals surface area contributed by atoms with Crippen LogP contribution in [0, 0.1) is 11.8 Å². The van der Waals surface area contributed by atoms with E-state index in [0.29, 0.717) is 17.1 Å². The molecule has 0 radical (unpaired) electrons. The van der Waals surface area contributed by atoms with Crippen LogP contribution < -0.4 is 9.47 Å². The fourth-order valence-electron chi connectivity index (χ4n) is 3.79. The zero-order valence-electron chi connectivity index (χ0n) is 14.7. The maximum atomic E-state index is 12.6. The Kier molecular flexibility index (Phi) is 4.62. The van der Waals surface area contributed by atoms with Crippen LogP contribution in [0.5, 0.6) is 11.5 Å². The van der Waals surface area contributed by atoms with Crippen LogP contribution in [-0.2, 0) is 23.9 Å². The molecule has 2 aliphatic rings. The summed E-state index contributed by atoms with van der Waals surface area (Å²) in [7, 11) is 2.37. The van der Waals surface area contributed by atoms with E-state index in [0.717, 1.165) is 0 Å². The lowest BCUT2D eigenvalue weighted by atomic mass is 9.61. The minimum absolute atomic E-state index is 0.0565. The van der Waals surface area contributed by atoms with E-state index < -0.39 is 41.1 Å². The number of carbonyl (C=O) groups excluding carboxylic acids is 3. The smallest absolute Gasteiger partial charge is 0.316 e. The molecule has 3 rings (SSSR count). The first-order valence-corrected chi connectivity index (χ1v) is 8.10. The lowest BCUT2D eigenvalue weighted by Gasteiger charge is -2.43. The number of aliphatic hydroxyl groups is 1. The molecule has 1 heterocycles. The minimum Gasteiger partial charge on any atom is -0.469 e. The van der Waals surface area contributed by atoms with Gasteiger partial charge < -0.3 is 24.1 Å². The van der Waals surface area contributed by atoms with E-state index in [4.69, 9.17) is 18.9 Å². The number of rotatable bonds is 3. The van der Waals surface area contributed by atoms with Gasteiger partial charge in [-0.1, -0.05) is 6.07 Å². The fourth-order valence-corrected chi connectivity index (χ4v) is 3.79. The first-order chi connectivity index (χ1) is 12.3. The monoisotopic (exact) mass is 364 g/mol. The molecular weight excluding hydrogens is 344 g/mol. The molecule has 8 heteroatoms. The molecule has 0 amide bonds. The van der Waals surface area contributed by atoms with Gasteiger partial charge >= 0.3 is 11.9 Å². The minimum atomic E-state index is -1.67. The molecular formula is C18H20O8. The van der Waals surface area contributed by atoms with Crippen LogP contribution in [0.1, 0.15) is 24.8 Å². The van der Waals surface area contributed by atoms with E-state index in [2.05, 4.69) is 0 Å². The van der Waals surface area contributed by atoms with Gasteiger partial charge in [-0.05, 0) is 24.6 Å². The quantitative estimate of drug-likeness (QED) is 0.620. The summed E-state index contributed by atoms with van der Waals surface area (Å²) < 4.78 is 20.3. The van der Waals surface area contributed by atoms with Crippen molar-refractivity contribution in [2.45, 2.75) is 24.9 Å². The average Bonchev–Trinajstić information content (AvgIpc) is 3.06. The number of esters is 2. The molecule has 0 aromatic heterocycles.